The van der Waals surface area contributed by atoms with Gasteiger partial charge in [0.2, 0.25) is 5.56 Å². The number of aliphatic hydroxyl groups excluding tert-OH is 1. The number of ether oxygens (including phenoxy) is 1. The number of aromatic amines is 1. The van der Waals surface area contributed by atoms with Gasteiger partial charge >= 0.3 is 0 Å². The Labute approximate surface area is 192 Å². The third-order valence-electron chi connectivity index (χ3n) is 5.70. The van der Waals surface area contributed by atoms with Crippen LogP contribution in [0.4, 0.5) is 8.78 Å². The number of aliphatic hydroxyl groups is 1. The van der Waals surface area contributed by atoms with Crippen LogP contribution < -0.4 is 10.9 Å². The van der Waals surface area contributed by atoms with Gasteiger partial charge < -0.3 is 25.3 Å². The molecule has 2 aromatic rings. The fourth-order valence-electron chi connectivity index (χ4n) is 3.87. The molecule has 33 heavy (non-hydrogen) atoms. The maximum absolute atomic E-state index is 14.0. The number of phenolic OH excluding ortho intramolecular Hbond substituents is 1. The molecule has 8 heteroatoms. The van der Waals surface area contributed by atoms with Gasteiger partial charge in [-0.3, -0.25) is 4.79 Å². The first-order chi connectivity index (χ1) is 15.9. The minimum Gasteiger partial charge on any atom is -0.506 e. The Bertz CT molecular complexity index is 1030. The number of benzene rings is 1. The minimum atomic E-state index is -2.93. The van der Waals surface area contributed by atoms with Crippen LogP contribution in [0.25, 0.3) is 10.9 Å². The van der Waals surface area contributed by atoms with Gasteiger partial charge in [-0.1, -0.05) is 37.1 Å². The molecule has 0 spiro atoms. The Morgan fingerprint density at radius 1 is 1.12 bits per heavy atom. The van der Waals surface area contributed by atoms with Gasteiger partial charge in [0.15, 0.2) is 0 Å². The van der Waals surface area contributed by atoms with E-state index in [1.807, 2.05) is 0 Å². The number of hydrogen-bond acceptors (Lipinski definition) is 5. The number of aromatic hydroxyl groups is 1. The van der Waals surface area contributed by atoms with Gasteiger partial charge in [-0.25, -0.2) is 0 Å². The van der Waals surface area contributed by atoms with E-state index < -0.39 is 18.6 Å². The second-order valence-electron chi connectivity index (χ2n) is 8.32. The fourth-order valence-corrected chi connectivity index (χ4v) is 3.87. The van der Waals surface area contributed by atoms with Crippen LogP contribution in [0.1, 0.15) is 50.2 Å². The molecule has 1 aromatic heterocycles. The molecule has 0 radical (unpaired) electrons. The van der Waals surface area contributed by atoms with Crippen LogP contribution in [0.5, 0.6) is 5.75 Å². The fraction of sp³-hybridized carbons (Fsp3) is 0.480. The van der Waals surface area contributed by atoms with Crippen molar-refractivity contribution in [2.75, 3.05) is 26.3 Å². The number of fused-ring (bicyclic) bond motifs is 1. The van der Waals surface area contributed by atoms with E-state index in [-0.39, 0.29) is 16.9 Å². The molecule has 6 nitrogen and oxygen atoms in total. The van der Waals surface area contributed by atoms with Crippen molar-refractivity contribution < 1.29 is 23.7 Å². The maximum Gasteiger partial charge on any atom is 0.295 e. The summed E-state index contributed by atoms with van der Waals surface area (Å²) in [4.78, 5) is 14.1. The van der Waals surface area contributed by atoms with Crippen molar-refractivity contribution in [1.29, 1.82) is 0 Å². The van der Waals surface area contributed by atoms with Crippen LogP contribution in [0.3, 0.4) is 0 Å². The number of H-pyrrole nitrogens is 1. The lowest BCUT2D eigenvalue weighted by Gasteiger charge is -2.19. The molecule has 0 fully saturated rings. The molecule has 180 valence electrons. The quantitative estimate of drug-likeness (QED) is 0.332. The summed E-state index contributed by atoms with van der Waals surface area (Å²) in [7, 11) is 0. The molecule has 1 heterocycles. The van der Waals surface area contributed by atoms with Gasteiger partial charge in [0, 0.05) is 30.2 Å². The van der Waals surface area contributed by atoms with E-state index in [1.165, 1.54) is 18.2 Å². The smallest absolute Gasteiger partial charge is 0.295 e. The normalized spacial score (nSPS) is 15.1. The van der Waals surface area contributed by atoms with Gasteiger partial charge in [-0.05, 0) is 49.9 Å². The third-order valence-corrected chi connectivity index (χ3v) is 5.70. The number of unbranched alkanes of at least 4 members (excludes halogenated alkanes) is 3. The maximum atomic E-state index is 14.0. The van der Waals surface area contributed by atoms with Crippen molar-refractivity contribution in [1.82, 2.24) is 10.3 Å². The third kappa shape index (κ3) is 7.22. The minimum absolute atomic E-state index is 0.0396. The Hall–Kier alpha value is -2.55. The topological polar surface area (TPSA) is 94.6 Å². The number of aromatic nitrogens is 1. The van der Waals surface area contributed by atoms with Gasteiger partial charge in [0.1, 0.15) is 12.4 Å². The summed E-state index contributed by atoms with van der Waals surface area (Å²) < 4.78 is 33.3. The molecule has 0 aliphatic heterocycles. The number of nitrogens with one attached hydrogen (secondary N) is 2. The first-order valence-electron chi connectivity index (χ1n) is 11.4. The molecule has 4 N–H and O–H groups in total. The van der Waals surface area contributed by atoms with Gasteiger partial charge in [0.25, 0.3) is 5.92 Å². The highest BCUT2D eigenvalue weighted by atomic mass is 19.3. The summed E-state index contributed by atoms with van der Waals surface area (Å²) in [5.41, 5.74) is 0.669. The first kappa shape index (κ1) is 25.1. The molecular formula is C25H32F2N2O4. The number of phenols is 1. The van der Waals surface area contributed by atoms with Crippen molar-refractivity contribution in [2.45, 2.75) is 50.6 Å². The molecular weight excluding hydrogens is 430 g/mol. The number of pyridine rings is 1. The van der Waals surface area contributed by atoms with Crippen molar-refractivity contribution in [3.05, 3.63) is 64.0 Å². The number of rotatable bonds is 13. The van der Waals surface area contributed by atoms with E-state index in [1.54, 1.807) is 24.3 Å². The van der Waals surface area contributed by atoms with Crippen molar-refractivity contribution in [2.24, 2.45) is 0 Å². The van der Waals surface area contributed by atoms with E-state index >= 15 is 0 Å². The summed E-state index contributed by atoms with van der Waals surface area (Å²) in [6, 6.07) is 6.05. The summed E-state index contributed by atoms with van der Waals surface area (Å²) in [5.74, 6) is -2.97. The summed E-state index contributed by atoms with van der Waals surface area (Å²) in [6.07, 6.45) is 8.95. The Balaban J connectivity index is 1.28. The van der Waals surface area contributed by atoms with Crippen molar-refractivity contribution in [3.8, 4) is 5.75 Å². The Morgan fingerprint density at radius 2 is 1.94 bits per heavy atom. The van der Waals surface area contributed by atoms with E-state index in [4.69, 9.17) is 4.74 Å². The summed E-state index contributed by atoms with van der Waals surface area (Å²) >= 11 is 0. The van der Waals surface area contributed by atoms with E-state index in [0.717, 1.165) is 32.1 Å². The van der Waals surface area contributed by atoms with Gasteiger partial charge in [0.05, 0.1) is 11.6 Å². The summed E-state index contributed by atoms with van der Waals surface area (Å²) in [6.45, 7) is 0.780. The second kappa shape index (κ2) is 12.1. The van der Waals surface area contributed by atoms with Crippen LogP contribution in [-0.2, 0) is 4.74 Å². The lowest BCUT2D eigenvalue weighted by Crippen LogP contribution is -2.26. The van der Waals surface area contributed by atoms with E-state index in [9.17, 15) is 23.8 Å². The molecule has 0 saturated carbocycles. The monoisotopic (exact) mass is 462 g/mol. The van der Waals surface area contributed by atoms with Crippen LogP contribution >= 0.6 is 0 Å². The Kier molecular flexibility index (Phi) is 9.17. The number of hydrogen-bond donors (Lipinski definition) is 4. The van der Waals surface area contributed by atoms with E-state index in [0.29, 0.717) is 42.6 Å². The second-order valence-corrected chi connectivity index (χ2v) is 8.32. The molecule has 1 aliphatic rings. The van der Waals surface area contributed by atoms with Crippen LogP contribution in [0.15, 0.2) is 52.9 Å². The largest absolute Gasteiger partial charge is 0.506 e. The number of allylic oxidation sites excluding steroid dienone is 3. The van der Waals surface area contributed by atoms with Crippen LogP contribution in [0, 0.1) is 0 Å². The van der Waals surface area contributed by atoms with Crippen LogP contribution in [-0.4, -0.2) is 47.4 Å². The molecule has 1 aliphatic carbocycles. The highest BCUT2D eigenvalue weighted by Gasteiger charge is 2.33. The zero-order valence-electron chi connectivity index (χ0n) is 18.7. The lowest BCUT2D eigenvalue weighted by molar-refractivity contribution is -0.0471. The van der Waals surface area contributed by atoms with Crippen LogP contribution in [0.2, 0.25) is 0 Å². The number of alkyl halides is 2. The van der Waals surface area contributed by atoms with Crippen molar-refractivity contribution in [3.63, 3.8) is 0 Å². The van der Waals surface area contributed by atoms with Crippen molar-refractivity contribution >= 4 is 10.9 Å². The zero-order valence-corrected chi connectivity index (χ0v) is 18.7. The Morgan fingerprint density at radius 3 is 2.73 bits per heavy atom. The summed E-state index contributed by atoms with van der Waals surface area (Å²) in [5, 5.41) is 24.3. The average molecular weight is 463 g/mol. The molecule has 1 aromatic carbocycles. The number of halogens is 2. The SMILES string of the molecule is O=c1ccc2c([C@@H](O)CNCCCCCCOCC(F)(F)C3=CCCC=C3)ccc(O)c2[nH]1. The predicted octanol–water partition coefficient (Wildman–Crippen LogP) is 4.35. The molecule has 0 amide bonds. The molecule has 0 bridgehead atoms. The highest BCUT2D eigenvalue weighted by Crippen LogP contribution is 2.29. The first-order valence-corrected chi connectivity index (χ1v) is 11.4. The predicted molar refractivity (Wildman–Crippen MR) is 125 cm³/mol. The lowest BCUT2D eigenvalue weighted by atomic mass is 10.0. The van der Waals surface area contributed by atoms with Gasteiger partial charge in [-0.2, -0.15) is 8.78 Å². The standard InChI is InChI=1S/C25H32F2N2O4/c26-25(27,18-8-4-3-5-9-18)17-33-15-7-2-1-6-14-28-16-22(31)19-10-12-21(30)24-20(19)11-13-23(32)29-24/h4,8-13,22,28,30-31H,1-3,5-7,14-17H2,(H,29,32)/t22-/m0/s1. The molecule has 1 atom stereocenters. The van der Waals surface area contributed by atoms with E-state index in [2.05, 4.69) is 10.3 Å². The zero-order chi connectivity index (χ0) is 23.7. The molecule has 3 rings (SSSR count). The average Bonchev–Trinajstić information content (AvgIpc) is 2.81. The van der Waals surface area contributed by atoms with Gasteiger partial charge in [-0.15, -0.1) is 0 Å². The molecule has 0 saturated heterocycles. The highest BCUT2D eigenvalue weighted by molar-refractivity contribution is 5.87. The molecule has 0 unspecified atom stereocenters.